The minimum atomic E-state index is -0.287. The lowest BCUT2D eigenvalue weighted by Gasteiger charge is -2.42. The van der Waals surface area contributed by atoms with Crippen molar-refractivity contribution in [3.63, 3.8) is 0 Å². The Morgan fingerprint density at radius 1 is 1.16 bits per heavy atom. The molecule has 2 aromatic rings. The molecule has 0 bridgehead atoms. The first kappa shape index (κ1) is 16.3. The zero-order chi connectivity index (χ0) is 17.3. The van der Waals surface area contributed by atoms with Gasteiger partial charge in [0.05, 0.1) is 25.9 Å². The predicted octanol–water partition coefficient (Wildman–Crippen LogP) is 3.09. The molecule has 0 aliphatic carbocycles. The molecule has 130 valence electrons. The van der Waals surface area contributed by atoms with Gasteiger partial charge in [-0.3, -0.25) is 4.90 Å². The maximum absolute atomic E-state index is 11.6. The van der Waals surface area contributed by atoms with Crippen molar-refractivity contribution in [1.29, 1.82) is 0 Å². The van der Waals surface area contributed by atoms with E-state index in [9.17, 15) is 4.79 Å². The van der Waals surface area contributed by atoms with E-state index >= 15 is 0 Å². The molecule has 0 aromatic heterocycles. The Balaban J connectivity index is 1.53. The number of likely N-dealkylation sites (tertiary alicyclic amines) is 1. The number of rotatable bonds is 4. The summed E-state index contributed by atoms with van der Waals surface area (Å²) in [5, 5.41) is 0. The summed E-state index contributed by atoms with van der Waals surface area (Å²) in [6, 6.07) is 18.5. The van der Waals surface area contributed by atoms with E-state index in [-0.39, 0.29) is 11.4 Å². The van der Waals surface area contributed by atoms with Crippen molar-refractivity contribution in [2.75, 3.05) is 33.4 Å². The van der Waals surface area contributed by atoms with Crippen LogP contribution in [0, 0.1) is 5.41 Å². The normalized spacial score (nSPS) is 21.9. The van der Waals surface area contributed by atoms with Gasteiger partial charge in [-0.2, -0.15) is 0 Å². The number of benzene rings is 2. The second kappa shape index (κ2) is 6.62. The highest BCUT2D eigenvalue weighted by atomic mass is 16.5. The molecular weight excluding hydrogens is 314 g/mol. The third-order valence-electron chi connectivity index (χ3n) is 5.48. The molecule has 0 saturated carbocycles. The van der Waals surface area contributed by atoms with Gasteiger partial charge < -0.3 is 9.47 Å². The van der Waals surface area contributed by atoms with Gasteiger partial charge in [0.25, 0.3) is 0 Å². The van der Waals surface area contributed by atoms with Crippen LogP contribution in [0.15, 0.2) is 54.6 Å². The molecule has 2 aliphatic rings. The van der Waals surface area contributed by atoms with Crippen molar-refractivity contribution in [1.82, 2.24) is 4.90 Å². The van der Waals surface area contributed by atoms with E-state index in [1.54, 1.807) is 0 Å². The van der Waals surface area contributed by atoms with E-state index in [2.05, 4.69) is 47.4 Å². The molecule has 0 amide bonds. The first-order valence-electron chi connectivity index (χ1n) is 8.72. The van der Waals surface area contributed by atoms with Gasteiger partial charge in [-0.25, -0.2) is 4.79 Å². The number of hydrogen-bond donors (Lipinski definition) is 0. The number of methoxy groups -OCH3 is 1. The molecule has 25 heavy (non-hydrogen) atoms. The van der Waals surface area contributed by atoms with Crippen LogP contribution in [0.5, 0.6) is 0 Å². The van der Waals surface area contributed by atoms with Gasteiger partial charge in [-0.15, -0.1) is 0 Å². The smallest absolute Gasteiger partial charge is 0.337 e. The maximum atomic E-state index is 11.6. The van der Waals surface area contributed by atoms with E-state index in [1.165, 1.54) is 18.2 Å². The fourth-order valence-electron chi connectivity index (χ4n) is 4.12. The van der Waals surface area contributed by atoms with Crippen molar-refractivity contribution >= 4 is 5.97 Å². The number of nitrogens with zero attached hydrogens (tertiary/aromatic N) is 1. The van der Waals surface area contributed by atoms with Gasteiger partial charge in [-0.05, 0) is 23.3 Å². The standard InChI is InChI=1S/C21H23NO3/c1-24-20(23)18-9-7-17(8-10-18)19-12-22(13-21(19)14-25-15-21)11-16-5-3-2-4-6-16/h2-10,19H,11-15H2,1H3. The van der Waals surface area contributed by atoms with Crippen LogP contribution in [0.25, 0.3) is 0 Å². The van der Waals surface area contributed by atoms with Crippen LogP contribution in [0.3, 0.4) is 0 Å². The minimum absolute atomic E-state index is 0.210. The summed E-state index contributed by atoms with van der Waals surface area (Å²) >= 11 is 0. The van der Waals surface area contributed by atoms with Crippen molar-refractivity contribution in [3.05, 3.63) is 71.3 Å². The van der Waals surface area contributed by atoms with Crippen molar-refractivity contribution in [2.45, 2.75) is 12.5 Å². The van der Waals surface area contributed by atoms with E-state index in [1.807, 2.05) is 12.1 Å². The molecule has 4 rings (SSSR count). The lowest BCUT2D eigenvalue weighted by atomic mass is 9.73. The number of carbonyl (C=O) groups is 1. The van der Waals surface area contributed by atoms with E-state index < -0.39 is 0 Å². The van der Waals surface area contributed by atoms with Gasteiger partial charge in [0.2, 0.25) is 0 Å². The quantitative estimate of drug-likeness (QED) is 0.804. The van der Waals surface area contributed by atoms with Gasteiger partial charge in [0.15, 0.2) is 0 Å². The average molecular weight is 337 g/mol. The summed E-state index contributed by atoms with van der Waals surface area (Å²) in [6.07, 6.45) is 0. The lowest BCUT2D eigenvalue weighted by molar-refractivity contribution is -0.113. The Labute approximate surface area is 148 Å². The molecule has 2 heterocycles. The van der Waals surface area contributed by atoms with Crippen molar-refractivity contribution in [2.24, 2.45) is 5.41 Å². The number of esters is 1. The summed E-state index contributed by atoms with van der Waals surface area (Å²) in [6.45, 7) is 4.70. The number of hydrogen-bond acceptors (Lipinski definition) is 4. The topological polar surface area (TPSA) is 38.8 Å². The Kier molecular flexibility index (Phi) is 4.32. The van der Waals surface area contributed by atoms with Crippen molar-refractivity contribution < 1.29 is 14.3 Å². The molecule has 2 fully saturated rings. The van der Waals surface area contributed by atoms with Crippen LogP contribution < -0.4 is 0 Å². The van der Waals surface area contributed by atoms with Gasteiger partial charge in [-0.1, -0.05) is 42.5 Å². The first-order chi connectivity index (χ1) is 12.2. The van der Waals surface area contributed by atoms with Gasteiger partial charge in [0.1, 0.15) is 0 Å². The zero-order valence-corrected chi connectivity index (χ0v) is 14.5. The third kappa shape index (κ3) is 3.08. The van der Waals surface area contributed by atoms with E-state index in [0.717, 1.165) is 32.8 Å². The average Bonchev–Trinajstić information content (AvgIpc) is 3.02. The number of ether oxygens (including phenoxy) is 2. The zero-order valence-electron chi connectivity index (χ0n) is 14.5. The first-order valence-corrected chi connectivity index (χ1v) is 8.72. The van der Waals surface area contributed by atoms with Gasteiger partial charge >= 0.3 is 5.97 Å². The highest BCUT2D eigenvalue weighted by Gasteiger charge is 2.52. The molecule has 0 radical (unpaired) electrons. The Hall–Kier alpha value is -2.17. The summed E-state index contributed by atoms with van der Waals surface area (Å²) in [5.41, 5.74) is 3.44. The molecule has 2 saturated heterocycles. The van der Waals surface area contributed by atoms with Crippen LogP contribution >= 0.6 is 0 Å². The molecule has 4 heteroatoms. The SMILES string of the molecule is COC(=O)c1ccc(C2CN(Cc3ccccc3)CC23COC3)cc1. The van der Waals surface area contributed by atoms with Crippen LogP contribution in [-0.4, -0.2) is 44.3 Å². The van der Waals surface area contributed by atoms with E-state index in [4.69, 9.17) is 9.47 Å². The molecule has 1 atom stereocenters. The Morgan fingerprint density at radius 3 is 2.48 bits per heavy atom. The molecule has 1 spiro atoms. The largest absolute Gasteiger partial charge is 0.465 e. The minimum Gasteiger partial charge on any atom is -0.465 e. The summed E-state index contributed by atoms with van der Waals surface area (Å²) < 4.78 is 10.4. The highest BCUT2D eigenvalue weighted by molar-refractivity contribution is 5.89. The lowest BCUT2D eigenvalue weighted by Crippen LogP contribution is -2.47. The molecule has 4 nitrogen and oxygen atoms in total. The fourth-order valence-corrected chi connectivity index (χ4v) is 4.12. The van der Waals surface area contributed by atoms with Crippen LogP contribution in [0.1, 0.15) is 27.4 Å². The van der Waals surface area contributed by atoms with Crippen molar-refractivity contribution in [3.8, 4) is 0 Å². The molecule has 2 aromatic carbocycles. The third-order valence-corrected chi connectivity index (χ3v) is 5.48. The second-order valence-corrected chi connectivity index (χ2v) is 7.18. The van der Waals surface area contributed by atoms with Crippen LogP contribution in [0.2, 0.25) is 0 Å². The highest BCUT2D eigenvalue weighted by Crippen LogP contribution is 2.48. The molecular formula is C21H23NO3. The molecule has 2 aliphatic heterocycles. The molecule has 1 unspecified atom stereocenters. The predicted molar refractivity (Wildman–Crippen MR) is 95.5 cm³/mol. The summed E-state index contributed by atoms with van der Waals surface area (Å²) in [7, 11) is 1.41. The summed E-state index contributed by atoms with van der Waals surface area (Å²) in [5.74, 6) is 0.155. The monoisotopic (exact) mass is 337 g/mol. The Morgan fingerprint density at radius 2 is 1.88 bits per heavy atom. The fraction of sp³-hybridized carbons (Fsp3) is 0.381. The number of carbonyl (C=O) groups excluding carboxylic acids is 1. The second-order valence-electron chi connectivity index (χ2n) is 7.18. The molecule has 0 N–H and O–H groups in total. The maximum Gasteiger partial charge on any atom is 0.337 e. The van der Waals surface area contributed by atoms with Crippen LogP contribution in [-0.2, 0) is 16.0 Å². The Bertz CT molecular complexity index is 737. The summed E-state index contributed by atoms with van der Waals surface area (Å²) in [4.78, 5) is 14.2. The van der Waals surface area contributed by atoms with Crippen LogP contribution in [0.4, 0.5) is 0 Å². The van der Waals surface area contributed by atoms with E-state index in [0.29, 0.717) is 11.5 Å². The van der Waals surface area contributed by atoms with Gasteiger partial charge in [0, 0.05) is 31.0 Å².